The van der Waals surface area contributed by atoms with Crippen molar-refractivity contribution in [3.05, 3.63) is 6.92 Å². The molecule has 0 aromatic carbocycles. The Kier molecular flexibility index (Phi) is 3.58. The minimum absolute atomic E-state index is 0.716. The Morgan fingerprint density at radius 1 is 1.44 bits per heavy atom. The lowest BCUT2D eigenvalue weighted by Gasteiger charge is -1.97. The number of halogens is 2. The van der Waals surface area contributed by atoms with Crippen molar-refractivity contribution < 1.29 is 9.59 Å². The zero-order chi connectivity index (χ0) is 7.44. The molecule has 1 radical (unpaired) electrons. The van der Waals surface area contributed by atoms with Gasteiger partial charge in [-0.05, 0) is 0 Å². The van der Waals surface area contributed by atoms with E-state index in [0.29, 0.717) is 0 Å². The van der Waals surface area contributed by atoms with Crippen LogP contribution in [0.1, 0.15) is 0 Å². The van der Waals surface area contributed by atoms with Crippen LogP contribution >= 0.6 is 23.2 Å². The summed E-state index contributed by atoms with van der Waals surface area (Å²) < 4.78 is 0. The summed E-state index contributed by atoms with van der Waals surface area (Å²) in [6, 6.07) is 0. The summed E-state index contributed by atoms with van der Waals surface area (Å²) in [6.07, 6.45) is 0. The molecule has 0 saturated heterocycles. The fourth-order valence-electron chi connectivity index (χ4n) is 0.192. The number of amides is 2. The maximum absolute atomic E-state index is 10.3. The highest BCUT2D eigenvalue weighted by Gasteiger charge is 2.11. The number of carbonyl (C=O) groups excluding carboxylic acids is 2. The van der Waals surface area contributed by atoms with Crippen molar-refractivity contribution in [2.45, 2.75) is 4.84 Å². The zero-order valence-electron chi connectivity index (χ0n) is 4.36. The van der Waals surface area contributed by atoms with Crippen LogP contribution in [0, 0.1) is 6.92 Å². The van der Waals surface area contributed by atoms with Crippen LogP contribution in [-0.2, 0) is 9.59 Å². The summed E-state index contributed by atoms with van der Waals surface area (Å²) in [5, 5.41) is 1.79. The summed E-state index contributed by atoms with van der Waals surface area (Å²) in [6.45, 7) is 2.87. The molecule has 0 fully saturated rings. The van der Waals surface area contributed by atoms with E-state index >= 15 is 0 Å². The van der Waals surface area contributed by atoms with Crippen LogP contribution in [0.4, 0.5) is 0 Å². The van der Waals surface area contributed by atoms with Gasteiger partial charge >= 0.3 is 0 Å². The molecule has 51 valence electrons. The summed E-state index contributed by atoms with van der Waals surface area (Å²) in [7, 11) is 0. The first-order valence-corrected chi connectivity index (χ1v) is 2.86. The van der Waals surface area contributed by atoms with Gasteiger partial charge in [0, 0.05) is 6.92 Å². The van der Waals surface area contributed by atoms with E-state index in [0.717, 1.165) is 0 Å². The van der Waals surface area contributed by atoms with Crippen molar-refractivity contribution in [3.8, 4) is 0 Å². The Bertz CT molecular complexity index is 135. The lowest BCUT2D eigenvalue weighted by Crippen LogP contribution is -2.32. The predicted molar refractivity (Wildman–Crippen MR) is 34.0 cm³/mol. The van der Waals surface area contributed by atoms with E-state index in [1.54, 1.807) is 5.32 Å². The van der Waals surface area contributed by atoms with Gasteiger partial charge in [-0.15, -0.1) is 0 Å². The Hall–Kier alpha value is -0.280. The molecule has 0 aromatic heterocycles. The third-order valence-electron chi connectivity index (χ3n) is 0.461. The first-order valence-electron chi connectivity index (χ1n) is 1.99. The third kappa shape index (κ3) is 4.24. The Morgan fingerprint density at radius 2 is 1.89 bits per heavy atom. The molecule has 0 rings (SSSR count). The van der Waals surface area contributed by atoms with Crippen molar-refractivity contribution in [2.24, 2.45) is 0 Å². The van der Waals surface area contributed by atoms with Gasteiger partial charge in [0.15, 0.2) is 4.84 Å². The van der Waals surface area contributed by atoms with Crippen LogP contribution in [0.3, 0.4) is 0 Å². The summed E-state index contributed by atoms with van der Waals surface area (Å²) >= 11 is 10.1. The van der Waals surface area contributed by atoms with Crippen LogP contribution < -0.4 is 5.32 Å². The maximum Gasteiger partial charge on any atom is 0.259 e. The second-order valence-corrected chi connectivity index (χ2v) is 2.31. The number of hydrogen-bond donors (Lipinski definition) is 1. The van der Waals surface area contributed by atoms with Gasteiger partial charge in [0.05, 0.1) is 0 Å². The highest BCUT2D eigenvalue weighted by Crippen LogP contribution is 1.99. The first kappa shape index (κ1) is 8.72. The Morgan fingerprint density at radius 3 is 2.00 bits per heavy atom. The normalized spacial score (nSPS) is 9.33. The van der Waals surface area contributed by atoms with Crippen molar-refractivity contribution in [1.29, 1.82) is 0 Å². The maximum atomic E-state index is 10.3. The van der Waals surface area contributed by atoms with Gasteiger partial charge in [0.1, 0.15) is 0 Å². The molecule has 2 amide bonds. The molecule has 0 aliphatic carbocycles. The zero-order valence-corrected chi connectivity index (χ0v) is 5.87. The standard InChI is InChI=1S/C4H4Cl2NO2/c1-2(8)7-4(9)3(5)6/h3H,1H2,(H,7,8,9). The Balaban J connectivity index is 3.64. The molecule has 0 bridgehead atoms. The minimum Gasteiger partial charge on any atom is -0.294 e. The second kappa shape index (κ2) is 3.69. The van der Waals surface area contributed by atoms with Gasteiger partial charge in [0.25, 0.3) is 5.91 Å². The highest BCUT2D eigenvalue weighted by atomic mass is 35.5. The second-order valence-electron chi connectivity index (χ2n) is 1.21. The molecule has 0 spiro atoms. The fraction of sp³-hybridized carbons (Fsp3) is 0.250. The van der Waals surface area contributed by atoms with Gasteiger partial charge < -0.3 is 0 Å². The molecule has 0 saturated carbocycles. The molecular weight excluding hydrogens is 165 g/mol. The molecule has 1 N–H and O–H groups in total. The quantitative estimate of drug-likeness (QED) is 0.572. The van der Waals surface area contributed by atoms with E-state index in [2.05, 4.69) is 6.92 Å². The lowest BCUT2D eigenvalue weighted by molar-refractivity contribution is -0.127. The van der Waals surface area contributed by atoms with E-state index in [1.807, 2.05) is 0 Å². The van der Waals surface area contributed by atoms with Gasteiger partial charge in [-0.25, -0.2) is 0 Å². The molecule has 0 aliphatic rings. The van der Waals surface area contributed by atoms with E-state index in [9.17, 15) is 9.59 Å². The number of carbonyl (C=O) groups is 2. The molecule has 5 heteroatoms. The van der Waals surface area contributed by atoms with Gasteiger partial charge in [0.2, 0.25) is 5.91 Å². The largest absolute Gasteiger partial charge is 0.294 e. The summed E-state index contributed by atoms with van der Waals surface area (Å²) in [5.41, 5.74) is 0. The molecule has 0 atom stereocenters. The molecule has 0 unspecified atom stereocenters. The molecule has 0 heterocycles. The monoisotopic (exact) mass is 168 g/mol. The van der Waals surface area contributed by atoms with Crippen molar-refractivity contribution >= 4 is 35.0 Å². The fourth-order valence-corrected chi connectivity index (χ4v) is 0.301. The van der Waals surface area contributed by atoms with Crippen LogP contribution in [0.25, 0.3) is 0 Å². The smallest absolute Gasteiger partial charge is 0.259 e. The van der Waals surface area contributed by atoms with Crippen molar-refractivity contribution in [1.82, 2.24) is 5.32 Å². The molecule has 3 nitrogen and oxygen atoms in total. The minimum atomic E-state index is -1.21. The number of nitrogens with one attached hydrogen (secondary N) is 1. The summed E-state index contributed by atoms with van der Waals surface area (Å²) in [5.74, 6) is -1.47. The SMILES string of the molecule is [CH2]C(=O)NC(=O)C(Cl)Cl. The van der Waals surface area contributed by atoms with Crippen LogP contribution in [-0.4, -0.2) is 16.7 Å². The Labute approximate surface area is 62.3 Å². The third-order valence-corrected chi connectivity index (χ3v) is 0.857. The van der Waals surface area contributed by atoms with Gasteiger partial charge in [-0.1, -0.05) is 23.2 Å². The number of hydrogen-bond acceptors (Lipinski definition) is 2. The van der Waals surface area contributed by atoms with Gasteiger partial charge in [-0.3, -0.25) is 14.9 Å². The van der Waals surface area contributed by atoms with E-state index in [-0.39, 0.29) is 0 Å². The number of alkyl halides is 2. The van der Waals surface area contributed by atoms with Crippen molar-refractivity contribution in [2.75, 3.05) is 0 Å². The van der Waals surface area contributed by atoms with Crippen LogP contribution in [0.2, 0.25) is 0 Å². The first-order chi connectivity index (χ1) is 4.04. The molecule has 0 aliphatic heterocycles. The average molecular weight is 169 g/mol. The van der Waals surface area contributed by atoms with E-state index in [4.69, 9.17) is 23.2 Å². The van der Waals surface area contributed by atoms with Crippen LogP contribution in [0.15, 0.2) is 0 Å². The number of rotatable bonds is 1. The average Bonchev–Trinajstić information content (AvgIpc) is 1.63. The summed E-state index contributed by atoms with van der Waals surface area (Å²) in [4.78, 5) is 19.1. The lowest BCUT2D eigenvalue weighted by atomic mass is 10.6. The molecule has 9 heavy (non-hydrogen) atoms. The molecular formula is C4H4Cl2NO2. The topological polar surface area (TPSA) is 46.2 Å². The molecule has 0 aromatic rings. The van der Waals surface area contributed by atoms with Crippen molar-refractivity contribution in [3.63, 3.8) is 0 Å². The predicted octanol–water partition coefficient (Wildman–Crippen LogP) is 0.267. The van der Waals surface area contributed by atoms with E-state index < -0.39 is 16.7 Å². The van der Waals surface area contributed by atoms with Crippen LogP contribution in [0.5, 0.6) is 0 Å². The van der Waals surface area contributed by atoms with Gasteiger partial charge in [-0.2, -0.15) is 0 Å². The highest BCUT2D eigenvalue weighted by molar-refractivity contribution is 6.54. The number of imide groups is 1. The van der Waals surface area contributed by atoms with E-state index in [1.165, 1.54) is 0 Å².